The van der Waals surface area contributed by atoms with Crippen LogP contribution < -0.4 is 0 Å². The lowest BCUT2D eigenvalue weighted by molar-refractivity contribution is 1.18. The summed E-state index contributed by atoms with van der Waals surface area (Å²) >= 11 is 0. The van der Waals surface area contributed by atoms with Gasteiger partial charge in [0.05, 0.1) is 55.5 Å². The van der Waals surface area contributed by atoms with Gasteiger partial charge in [0, 0.05) is 65.2 Å². The molecule has 0 radical (unpaired) electrons. The maximum absolute atomic E-state index is 2.44. The zero-order valence-corrected chi connectivity index (χ0v) is 55.7. The first-order valence-corrected chi connectivity index (χ1v) is 35.1. The molecule has 0 atom stereocenters. The van der Waals surface area contributed by atoms with Crippen molar-refractivity contribution >= 4 is 109 Å². The molecular formula is C98H64N4. The Balaban J connectivity index is 0.000000138. The number of benzene rings is 17. The third-order valence-corrected chi connectivity index (χ3v) is 21.0. The van der Waals surface area contributed by atoms with Crippen molar-refractivity contribution in [2.75, 3.05) is 0 Å². The second-order valence-electron chi connectivity index (χ2n) is 26.8. The Kier molecular flexibility index (Phi) is 13.9. The summed E-state index contributed by atoms with van der Waals surface area (Å²) in [6.45, 7) is 0. The molecule has 0 unspecified atom stereocenters. The predicted molar refractivity (Wildman–Crippen MR) is 432 cm³/mol. The number of hydrogen-bond donors (Lipinski definition) is 0. The standard InChI is InChI=1S/C52H34N2.C46H30N2/c1-3-14-35(15-4-1)40-30-41(36-16-5-2-6-17-36)32-42(31-40)53-49-23-11-9-21-44(49)46-33-38(26-28-51(46)53)39-27-29-52-47(34-39)45-22-10-12-24-50(45)54(52)48-25-13-19-37-18-7-8-20-43(37)48;1-2-12-31(13-3-1)33-16-10-17-36(28-33)47-43-21-8-6-19-38(43)40-29-34(24-26-45(40)47)35-25-27-46-41(30-35)39-20-7-9-22-44(39)48(46)42-23-11-15-32-14-4-5-18-37(32)42/h1-34H;1-30H. The number of nitrogens with zero attached hydrogens (tertiary/aromatic N) is 4. The van der Waals surface area contributed by atoms with Crippen molar-refractivity contribution in [2.45, 2.75) is 0 Å². The van der Waals surface area contributed by atoms with Crippen LogP contribution in [0.4, 0.5) is 0 Å². The topological polar surface area (TPSA) is 19.7 Å². The maximum Gasteiger partial charge on any atom is 0.0541 e. The number of fused-ring (bicyclic) bond motifs is 14. The van der Waals surface area contributed by atoms with E-state index in [0.717, 1.165) is 11.4 Å². The van der Waals surface area contributed by atoms with Crippen LogP contribution >= 0.6 is 0 Å². The third-order valence-electron chi connectivity index (χ3n) is 21.0. The van der Waals surface area contributed by atoms with Crippen molar-refractivity contribution in [2.24, 2.45) is 0 Å². The fraction of sp³-hybridized carbons (Fsp3) is 0. The van der Waals surface area contributed by atoms with Gasteiger partial charge in [0.1, 0.15) is 0 Å². The van der Waals surface area contributed by atoms with Gasteiger partial charge in [-0.3, -0.25) is 0 Å². The summed E-state index contributed by atoms with van der Waals surface area (Å²) in [5, 5.41) is 15.0. The molecule has 4 nitrogen and oxygen atoms in total. The Morgan fingerprint density at radius 2 is 0.392 bits per heavy atom. The van der Waals surface area contributed by atoms with E-state index in [-0.39, 0.29) is 0 Å². The molecule has 21 aromatic rings. The van der Waals surface area contributed by atoms with E-state index in [2.05, 4.69) is 407 Å². The number of rotatable bonds is 9. The molecule has 0 amide bonds. The summed E-state index contributed by atoms with van der Waals surface area (Å²) in [4.78, 5) is 0. The van der Waals surface area contributed by atoms with Gasteiger partial charge in [0.15, 0.2) is 0 Å². The Bertz CT molecular complexity index is 6800. The molecule has 0 aliphatic heterocycles. The van der Waals surface area contributed by atoms with Crippen molar-refractivity contribution in [1.29, 1.82) is 0 Å². The first kappa shape index (κ1) is 58.6. The van der Waals surface area contributed by atoms with E-state index in [1.54, 1.807) is 0 Å². The lowest BCUT2D eigenvalue weighted by Crippen LogP contribution is -1.96. The molecule has 0 fully saturated rings. The minimum atomic E-state index is 1.15. The van der Waals surface area contributed by atoms with Gasteiger partial charge in [-0.1, -0.05) is 273 Å². The molecule has 4 aromatic heterocycles. The van der Waals surface area contributed by atoms with Crippen LogP contribution in [-0.2, 0) is 0 Å². The highest BCUT2D eigenvalue weighted by Gasteiger charge is 2.21. The monoisotopic (exact) mass is 1300 g/mol. The van der Waals surface area contributed by atoms with Crippen molar-refractivity contribution in [1.82, 2.24) is 18.3 Å². The van der Waals surface area contributed by atoms with E-state index in [0.29, 0.717) is 0 Å². The number of para-hydroxylation sites is 4. The number of hydrogen-bond acceptors (Lipinski definition) is 0. The predicted octanol–water partition coefficient (Wildman–Crippen LogP) is 26.4. The Labute approximate surface area is 590 Å². The van der Waals surface area contributed by atoms with E-state index < -0.39 is 0 Å². The molecule has 4 heterocycles. The van der Waals surface area contributed by atoms with E-state index in [9.17, 15) is 0 Å². The molecule has 0 spiro atoms. The normalized spacial score (nSPS) is 11.7. The summed E-state index contributed by atoms with van der Waals surface area (Å²) in [5.41, 5.74) is 26.5. The zero-order valence-electron chi connectivity index (χ0n) is 55.7. The summed E-state index contributed by atoms with van der Waals surface area (Å²) in [7, 11) is 0. The summed E-state index contributed by atoms with van der Waals surface area (Å²) in [5.74, 6) is 0. The molecule has 0 aliphatic rings. The van der Waals surface area contributed by atoms with Crippen LogP contribution in [0.5, 0.6) is 0 Å². The SMILES string of the molecule is c1ccc(-c2cc(-c3ccccc3)cc(-n3c4ccccc4c4cc(-c5ccc6c(c5)c5ccccc5n6-c5cccc6ccccc56)ccc43)c2)cc1.c1ccc(-c2cccc(-n3c4ccccc4c4cc(-c5ccc6c(c5)c5ccccc5n6-c5cccc6ccccc56)ccc43)c2)cc1. The van der Waals surface area contributed by atoms with E-state index in [1.807, 2.05) is 0 Å². The minimum absolute atomic E-state index is 1.15. The van der Waals surface area contributed by atoms with Crippen LogP contribution in [0.2, 0.25) is 0 Å². The molecular weight excluding hydrogens is 1230 g/mol. The average Bonchev–Trinajstić information content (AvgIpc) is 1.59. The Morgan fingerprint density at radius 1 is 0.127 bits per heavy atom. The van der Waals surface area contributed by atoms with Crippen molar-refractivity contribution < 1.29 is 0 Å². The molecule has 21 rings (SSSR count). The quantitative estimate of drug-likeness (QED) is 0.137. The molecule has 4 heteroatoms. The van der Waals surface area contributed by atoms with Gasteiger partial charge in [-0.05, 0) is 182 Å². The van der Waals surface area contributed by atoms with Crippen LogP contribution in [0.3, 0.4) is 0 Å². The lowest BCUT2D eigenvalue weighted by atomic mass is 9.98. The molecule has 0 saturated heterocycles. The largest absolute Gasteiger partial charge is 0.309 e. The van der Waals surface area contributed by atoms with Crippen LogP contribution in [0.15, 0.2) is 388 Å². The highest BCUT2D eigenvalue weighted by molar-refractivity contribution is 6.16. The van der Waals surface area contributed by atoms with Crippen LogP contribution in [0, 0.1) is 0 Å². The van der Waals surface area contributed by atoms with Crippen molar-refractivity contribution in [3.63, 3.8) is 0 Å². The molecule has 102 heavy (non-hydrogen) atoms. The van der Waals surface area contributed by atoms with Gasteiger partial charge >= 0.3 is 0 Å². The van der Waals surface area contributed by atoms with Gasteiger partial charge in [0.2, 0.25) is 0 Å². The highest BCUT2D eigenvalue weighted by Crippen LogP contribution is 2.44. The summed E-state index contributed by atoms with van der Waals surface area (Å²) < 4.78 is 9.70. The average molecular weight is 1300 g/mol. The van der Waals surface area contributed by atoms with Crippen LogP contribution in [0.1, 0.15) is 0 Å². The fourth-order valence-electron chi connectivity index (χ4n) is 16.3. The first-order valence-electron chi connectivity index (χ1n) is 35.1. The van der Waals surface area contributed by atoms with Gasteiger partial charge < -0.3 is 18.3 Å². The van der Waals surface area contributed by atoms with Crippen LogP contribution in [-0.4, -0.2) is 18.3 Å². The van der Waals surface area contributed by atoms with E-state index in [1.165, 1.54) is 176 Å². The van der Waals surface area contributed by atoms with E-state index in [4.69, 9.17) is 0 Å². The molecule has 0 N–H and O–H groups in total. The minimum Gasteiger partial charge on any atom is -0.309 e. The first-order chi connectivity index (χ1) is 50.6. The zero-order chi connectivity index (χ0) is 67.2. The second-order valence-corrected chi connectivity index (χ2v) is 26.8. The van der Waals surface area contributed by atoms with Crippen molar-refractivity contribution in [3.05, 3.63) is 388 Å². The van der Waals surface area contributed by atoms with E-state index >= 15 is 0 Å². The summed E-state index contributed by atoms with van der Waals surface area (Å²) in [6, 6.07) is 141. The van der Waals surface area contributed by atoms with Gasteiger partial charge in [-0.2, -0.15) is 0 Å². The van der Waals surface area contributed by atoms with Gasteiger partial charge in [0.25, 0.3) is 0 Å². The van der Waals surface area contributed by atoms with Gasteiger partial charge in [-0.15, -0.1) is 0 Å². The Hall–Kier alpha value is -13.5. The maximum atomic E-state index is 2.44. The molecule has 476 valence electrons. The molecule has 17 aromatic carbocycles. The smallest absolute Gasteiger partial charge is 0.0541 e. The van der Waals surface area contributed by atoms with Crippen LogP contribution in [0.25, 0.3) is 187 Å². The lowest BCUT2D eigenvalue weighted by Gasteiger charge is -2.14. The molecule has 0 bridgehead atoms. The number of aromatic nitrogens is 4. The molecule has 0 aliphatic carbocycles. The molecule has 0 saturated carbocycles. The highest BCUT2D eigenvalue weighted by atomic mass is 15.0. The summed E-state index contributed by atoms with van der Waals surface area (Å²) in [6.07, 6.45) is 0. The Morgan fingerprint density at radius 3 is 0.794 bits per heavy atom. The second kappa shape index (κ2) is 24.2. The fourth-order valence-corrected chi connectivity index (χ4v) is 16.3. The third kappa shape index (κ3) is 9.75. The van der Waals surface area contributed by atoms with Crippen molar-refractivity contribution in [3.8, 4) is 78.4 Å². The van der Waals surface area contributed by atoms with Gasteiger partial charge in [-0.25, -0.2) is 0 Å².